The van der Waals surface area contributed by atoms with E-state index in [1.165, 1.54) is 89.4 Å². The van der Waals surface area contributed by atoms with Gasteiger partial charge >= 0.3 is 0 Å². The molecule has 7 nitrogen and oxygen atoms in total. The van der Waals surface area contributed by atoms with Crippen molar-refractivity contribution in [3.63, 3.8) is 0 Å². The zero-order valence-corrected chi connectivity index (χ0v) is 31.3. The van der Waals surface area contributed by atoms with Gasteiger partial charge in [0.15, 0.2) is 6.67 Å². The fourth-order valence-corrected chi connectivity index (χ4v) is 9.73. The maximum Gasteiger partial charge on any atom is 0.265 e. The number of rotatable bonds is 7. The third kappa shape index (κ3) is 6.07. The van der Waals surface area contributed by atoms with E-state index < -0.39 is 10.1 Å². The summed E-state index contributed by atoms with van der Waals surface area (Å²) in [4.78, 5) is 7.36. The van der Waals surface area contributed by atoms with E-state index in [4.69, 9.17) is 0 Å². The molecule has 3 heterocycles. The van der Waals surface area contributed by atoms with Crippen LogP contribution in [0.2, 0.25) is 0 Å². The summed E-state index contributed by atoms with van der Waals surface area (Å²) in [6, 6.07) is 18.8. The van der Waals surface area contributed by atoms with Crippen LogP contribution >= 0.6 is 0 Å². The van der Waals surface area contributed by atoms with Gasteiger partial charge in [-0.15, -0.1) is 0 Å². The molecule has 258 valence electrons. The minimum atomic E-state index is -4.06. The average Bonchev–Trinajstić information content (AvgIpc) is 3.01. The minimum absolute atomic E-state index is 0.231. The van der Waals surface area contributed by atoms with Gasteiger partial charge < -0.3 is 9.80 Å². The van der Waals surface area contributed by atoms with Crippen LogP contribution in [0, 0.1) is 41.5 Å². The monoisotopic (exact) mass is 679 g/mol. The van der Waals surface area contributed by atoms with Gasteiger partial charge in [-0.3, -0.25) is 13.9 Å². The summed E-state index contributed by atoms with van der Waals surface area (Å²) in [5.74, 6) is -0.231. The predicted octanol–water partition coefficient (Wildman–Crippen LogP) is 8.18. The molecule has 1 unspecified atom stereocenters. The molecule has 0 aliphatic carbocycles. The van der Waals surface area contributed by atoms with Crippen LogP contribution in [0.4, 0.5) is 17.1 Å². The molecule has 4 aromatic carbocycles. The normalized spacial score (nSPS) is 18.7. The number of aryl methyl sites for hydroxylation is 5. The van der Waals surface area contributed by atoms with E-state index in [0.717, 1.165) is 39.5 Å². The molecule has 0 fully saturated rings. The lowest BCUT2D eigenvalue weighted by molar-refractivity contribution is 0.235. The van der Waals surface area contributed by atoms with Gasteiger partial charge in [0, 0.05) is 41.9 Å². The maximum atomic E-state index is 11.9. The van der Waals surface area contributed by atoms with E-state index in [1.54, 1.807) is 0 Å². The highest BCUT2D eigenvalue weighted by atomic mass is 32.2. The first-order chi connectivity index (χ1) is 23.2. The number of benzene rings is 4. The van der Waals surface area contributed by atoms with Gasteiger partial charge in [0.25, 0.3) is 10.1 Å². The first-order valence-electron chi connectivity index (χ1n) is 17.7. The Labute approximate surface area is 293 Å². The lowest BCUT2D eigenvalue weighted by Crippen LogP contribution is -2.62. The van der Waals surface area contributed by atoms with Gasteiger partial charge in [0.05, 0.1) is 31.2 Å². The van der Waals surface area contributed by atoms with Crippen molar-refractivity contribution in [1.82, 2.24) is 9.38 Å². The van der Waals surface area contributed by atoms with Gasteiger partial charge in [-0.2, -0.15) is 8.42 Å². The Hall–Kier alpha value is -3.69. The highest BCUT2D eigenvalue weighted by Crippen LogP contribution is 2.48. The lowest BCUT2D eigenvalue weighted by Gasteiger charge is -2.52. The zero-order chi connectivity index (χ0) is 35.0. The number of quaternary nitrogens is 1. The maximum absolute atomic E-state index is 11.9. The second-order valence-electron chi connectivity index (χ2n) is 15.2. The van der Waals surface area contributed by atoms with E-state index in [0.29, 0.717) is 17.4 Å². The summed E-state index contributed by atoms with van der Waals surface area (Å²) in [5, 5.41) is 0. The van der Waals surface area contributed by atoms with Gasteiger partial charge in [-0.25, -0.2) is 0 Å². The van der Waals surface area contributed by atoms with E-state index >= 15 is 0 Å². The Morgan fingerprint density at radius 1 is 0.714 bits per heavy atom. The topological polar surface area (TPSA) is 64.1 Å². The van der Waals surface area contributed by atoms with Crippen LogP contribution in [0.1, 0.15) is 63.4 Å². The zero-order valence-electron chi connectivity index (χ0n) is 30.4. The van der Waals surface area contributed by atoms with Crippen molar-refractivity contribution in [2.45, 2.75) is 74.5 Å². The molecule has 1 N–H and O–H groups in total. The summed E-state index contributed by atoms with van der Waals surface area (Å²) in [6.07, 6.45) is 0.392. The van der Waals surface area contributed by atoms with Crippen LogP contribution in [-0.2, 0) is 29.8 Å². The molecule has 3 aliphatic rings. The van der Waals surface area contributed by atoms with Crippen LogP contribution in [0.15, 0.2) is 48.5 Å². The van der Waals surface area contributed by atoms with Crippen molar-refractivity contribution in [3.8, 4) is 22.3 Å². The van der Waals surface area contributed by atoms with E-state index in [-0.39, 0.29) is 5.75 Å². The van der Waals surface area contributed by atoms with Crippen molar-refractivity contribution in [3.05, 3.63) is 98.6 Å². The highest BCUT2D eigenvalue weighted by Gasteiger charge is 2.45. The van der Waals surface area contributed by atoms with Crippen LogP contribution in [0.3, 0.4) is 0 Å². The number of fused-ring (bicyclic) bond motifs is 7. The standard InChI is InChI=1S/C41H50N4O3S/c1-9-43-24-42(8)21-36-18-33(15-28(4)39(36)43)34-16-29(5)40-38(20-34)23-45(11-10-12-49(46,47)48)25-44(40)22-37-19-35(17-30(6)41(37)45)32-13-26(2)31(7)27(3)14-32/h13-20H,9-12,21-25H2,1-8H3/p+1. The Morgan fingerprint density at radius 3 is 1.90 bits per heavy atom. The van der Waals surface area contributed by atoms with Crippen LogP contribution in [-0.4, -0.2) is 57.1 Å². The largest absolute Gasteiger partial charge is 0.358 e. The quantitative estimate of drug-likeness (QED) is 0.157. The summed E-state index contributed by atoms with van der Waals surface area (Å²) in [5.41, 5.74) is 20.6. The molecule has 0 aromatic heterocycles. The van der Waals surface area contributed by atoms with Crippen molar-refractivity contribution in [1.29, 1.82) is 0 Å². The Morgan fingerprint density at radius 2 is 1.27 bits per heavy atom. The second kappa shape index (κ2) is 12.3. The van der Waals surface area contributed by atoms with Gasteiger partial charge in [-0.05, 0) is 148 Å². The Kier molecular flexibility index (Phi) is 8.46. The molecule has 49 heavy (non-hydrogen) atoms. The molecule has 0 spiro atoms. The third-order valence-electron chi connectivity index (χ3n) is 11.3. The number of anilines is 2. The van der Waals surface area contributed by atoms with E-state index in [1.807, 2.05) is 0 Å². The van der Waals surface area contributed by atoms with Crippen LogP contribution < -0.4 is 14.3 Å². The number of hydrogen-bond donors (Lipinski definition) is 1. The van der Waals surface area contributed by atoms with Crippen molar-refractivity contribution in [2.24, 2.45) is 0 Å². The summed E-state index contributed by atoms with van der Waals surface area (Å²) in [7, 11) is -1.87. The fraction of sp³-hybridized carbons (Fsp3) is 0.415. The molecule has 7 rings (SSSR count). The van der Waals surface area contributed by atoms with Crippen molar-refractivity contribution < 1.29 is 13.0 Å². The SMILES string of the molecule is CCN1CN(C)Cc2cc(-c3cc(C)c4c(c3)C[N+]3(CCCS(=O)(=O)O)CN4Cc4cc(-c5cc(C)c(C)c(C)c5)cc(C)c43)cc(C)c21. The smallest absolute Gasteiger partial charge is 0.265 e. The summed E-state index contributed by atoms with van der Waals surface area (Å²) in [6.45, 7) is 21.3. The molecule has 3 aliphatic heterocycles. The lowest BCUT2D eigenvalue weighted by atomic mass is 9.88. The third-order valence-corrected chi connectivity index (χ3v) is 12.1. The van der Waals surface area contributed by atoms with Gasteiger partial charge in [0.1, 0.15) is 12.2 Å². The highest BCUT2D eigenvalue weighted by molar-refractivity contribution is 7.85. The fourth-order valence-electron chi connectivity index (χ4n) is 9.24. The Bertz CT molecular complexity index is 2080. The summed E-state index contributed by atoms with van der Waals surface area (Å²) < 4.78 is 34.2. The molecule has 4 aromatic rings. The molecule has 2 bridgehead atoms. The van der Waals surface area contributed by atoms with Crippen LogP contribution in [0.25, 0.3) is 22.3 Å². The van der Waals surface area contributed by atoms with E-state index in [9.17, 15) is 13.0 Å². The molecule has 1 atom stereocenters. The number of nitrogens with zero attached hydrogens (tertiary/aromatic N) is 4. The Balaban J connectivity index is 1.34. The second-order valence-corrected chi connectivity index (χ2v) is 16.7. The first-order valence-corrected chi connectivity index (χ1v) is 19.3. The van der Waals surface area contributed by atoms with Crippen molar-refractivity contribution >= 4 is 27.2 Å². The molecule has 0 radical (unpaired) electrons. The van der Waals surface area contributed by atoms with Crippen LogP contribution in [0.5, 0.6) is 0 Å². The summed E-state index contributed by atoms with van der Waals surface area (Å²) >= 11 is 0. The molecular formula is C41H51N4O3S+. The molecular weight excluding hydrogens is 629 g/mol. The molecule has 0 saturated heterocycles. The van der Waals surface area contributed by atoms with E-state index in [2.05, 4.69) is 119 Å². The predicted molar refractivity (Wildman–Crippen MR) is 204 cm³/mol. The average molecular weight is 680 g/mol. The number of hydrogen-bond acceptors (Lipinski definition) is 5. The van der Waals surface area contributed by atoms with Gasteiger partial charge in [0.2, 0.25) is 0 Å². The van der Waals surface area contributed by atoms with Crippen molar-refractivity contribution in [2.75, 3.05) is 49.0 Å². The molecule has 0 saturated carbocycles. The minimum Gasteiger partial charge on any atom is -0.358 e. The molecule has 8 heteroatoms. The first kappa shape index (κ1) is 33.8. The van der Waals surface area contributed by atoms with Gasteiger partial charge in [-0.1, -0.05) is 12.1 Å². The molecule has 0 amide bonds.